The monoisotopic (exact) mass is 192 g/mol. The smallest absolute Gasteiger partial charge is 0.162 e. The largest absolute Gasteiger partial charge is 0.294 e. The van der Waals surface area contributed by atoms with E-state index in [2.05, 4.69) is 32.9 Å². The standard InChI is InChI=1S/C13H20O/c1-5-6-12(14)11-7-8-13(3,4)9-10(11)2/h5-8,10-11H,9H2,1-4H3. The summed E-state index contributed by atoms with van der Waals surface area (Å²) in [7, 11) is 0. The molecule has 0 spiro atoms. The Hall–Kier alpha value is -0.850. The van der Waals surface area contributed by atoms with E-state index in [1.54, 1.807) is 6.08 Å². The molecule has 1 aliphatic carbocycles. The summed E-state index contributed by atoms with van der Waals surface area (Å²) in [6.07, 6.45) is 8.86. The molecule has 1 heteroatoms. The highest BCUT2D eigenvalue weighted by Crippen LogP contribution is 2.36. The van der Waals surface area contributed by atoms with Crippen molar-refractivity contribution in [2.75, 3.05) is 0 Å². The van der Waals surface area contributed by atoms with Gasteiger partial charge >= 0.3 is 0 Å². The molecule has 0 saturated heterocycles. The van der Waals surface area contributed by atoms with E-state index in [4.69, 9.17) is 0 Å². The summed E-state index contributed by atoms with van der Waals surface area (Å²) in [5.74, 6) is 0.796. The SMILES string of the molecule is CC=CC(=O)C1C=CC(C)(C)CC1C. The Morgan fingerprint density at radius 3 is 2.64 bits per heavy atom. The maximum Gasteiger partial charge on any atom is 0.162 e. The lowest BCUT2D eigenvalue weighted by molar-refractivity contribution is -0.118. The maximum atomic E-state index is 11.7. The molecule has 0 fully saturated rings. The summed E-state index contributed by atoms with van der Waals surface area (Å²) in [6, 6.07) is 0. The summed E-state index contributed by atoms with van der Waals surface area (Å²) in [5, 5.41) is 0. The van der Waals surface area contributed by atoms with Crippen molar-refractivity contribution < 1.29 is 4.79 Å². The number of hydrogen-bond donors (Lipinski definition) is 0. The summed E-state index contributed by atoms with van der Waals surface area (Å²) >= 11 is 0. The van der Waals surface area contributed by atoms with Crippen LogP contribution >= 0.6 is 0 Å². The molecule has 78 valence electrons. The van der Waals surface area contributed by atoms with E-state index in [9.17, 15) is 4.79 Å². The van der Waals surface area contributed by atoms with Crippen LogP contribution in [-0.4, -0.2) is 5.78 Å². The third-order valence-corrected chi connectivity index (χ3v) is 2.88. The van der Waals surface area contributed by atoms with E-state index < -0.39 is 0 Å². The Kier molecular flexibility index (Phi) is 3.30. The molecule has 14 heavy (non-hydrogen) atoms. The molecule has 0 aromatic carbocycles. The highest BCUT2D eigenvalue weighted by Gasteiger charge is 2.30. The zero-order valence-corrected chi connectivity index (χ0v) is 9.58. The van der Waals surface area contributed by atoms with Crippen molar-refractivity contribution in [3.8, 4) is 0 Å². The van der Waals surface area contributed by atoms with E-state index >= 15 is 0 Å². The highest BCUT2D eigenvalue weighted by atomic mass is 16.1. The summed E-state index contributed by atoms with van der Waals surface area (Å²) in [4.78, 5) is 11.7. The lowest BCUT2D eigenvalue weighted by Crippen LogP contribution is -2.27. The molecule has 2 unspecified atom stereocenters. The molecular weight excluding hydrogens is 172 g/mol. The normalized spacial score (nSPS) is 30.9. The average molecular weight is 192 g/mol. The van der Waals surface area contributed by atoms with Gasteiger partial charge in [0.25, 0.3) is 0 Å². The summed E-state index contributed by atoms with van der Waals surface area (Å²) in [6.45, 7) is 8.49. The molecule has 0 aromatic rings. The van der Waals surface area contributed by atoms with Crippen LogP contribution in [-0.2, 0) is 4.79 Å². The lowest BCUT2D eigenvalue weighted by atomic mass is 9.71. The van der Waals surface area contributed by atoms with Gasteiger partial charge in [-0.2, -0.15) is 0 Å². The number of allylic oxidation sites excluding steroid dienone is 4. The first-order valence-corrected chi connectivity index (χ1v) is 5.32. The van der Waals surface area contributed by atoms with Crippen LogP contribution in [0.15, 0.2) is 24.3 Å². The molecule has 0 aliphatic heterocycles. The van der Waals surface area contributed by atoms with E-state index in [-0.39, 0.29) is 17.1 Å². The summed E-state index contributed by atoms with van der Waals surface area (Å²) in [5.41, 5.74) is 0.256. The Bertz CT molecular complexity index is 271. The van der Waals surface area contributed by atoms with E-state index in [0.29, 0.717) is 5.92 Å². The number of carbonyl (C=O) groups is 1. The summed E-state index contributed by atoms with van der Waals surface area (Å²) < 4.78 is 0. The van der Waals surface area contributed by atoms with Crippen LogP contribution in [0.2, 0.25) is 0 Å². The second-order valence-corrected chi connectivity index (χ2v) is 4.96. The van der Waals surface area contributed by atoms with Crippen LogP contribution in [0.4, 0.5) is 0 Å². The number of carbonyl (C=O) groups excluding carboxylic acids is 1. The molecule has 1 rings (SSSR count). The Morgan fingerprint density at radius 1 is 1.50 bits per heavy atom. The van der Waals surface area contributed by atoms with Gasteiger partial charge in [-0.25, -0.2) is 0 Å². The molecule has 0 aromatic heterocycles. The Balaban J connectivity index is 2.79. The fraction of sp³-hybridized carbons (Fsp3) is 0.615. The van der Waals surface area contributed by atoms with Crippen LogP contribution in [0, 0.1) is 17.3 Å². The molecule has 0 bridgehead atoms. The van der Waals surface area contributed by atoms with Gasteiger partial charge in [0.1, 0.15) is 0 Å². The Morgan fingerprint density at radius 2 is 2.14 bits per heavy atom. The topological polar surface area (TPSA) is 17.1 Å². The first kappa shape index (κ1) is 11.2. The first-order valence-electron chi connectivity index (χ1n) is 5.32. The van der Waals surface area contributed by atoms with Gasteiger partial charge in [-0.1, -0.05) is 39.0 Å². The van der Waals surface area contributed by atoms with Gasteiger partial charge in [0.05, 0.1) is 0 Å². The molecule has 1 aliphatic rings. The van der Waals surface area contributed by atoms with Crippen molar-refractivity contribution in [3.63, 3.8) is 0 Å². The average Bonchev–Trinajstić information content (AvgIpc) is 2.02. The van der Waals surface area contributed by atoms with Crippen LogP contribution in [0.25, 0.3) is 0 Å². The first-order chi connectivity index (χ1) is 6.46. The van der Waals surface area contributed by atoms with Crippen LogP contribution in [0.3, 0.4) is 0 Å². The zero-order chi connectivity index (χ0) is 10.8. The molecule has 0 radical (unpaired) electrons. The predicted molar refractivity (Wildman–Crippen MR) is 60.0 cm³/mol. The molecule has 2 atom stereocenters. The van der Waals surface area contributed by atoms with Crippen molar-refractivity contribution in [3.05, 3.63) is 24.3 Å². The molecule has 0 amide bonds. The van der Waals surface area contributed by atoms with Gasteiger partial charge in [0.2, 0.25) is 0 Å². The zero-order valence-electron chi connectivity index (χ0n) is 9.58. The maximum absolute atomic E-state index is 11.7. The molecule has 0 saturated carbocycles. The third kappa shape index (κ3) is 2.57. The number of rotatable bonds is 2. The quantitative estimate of drug-likeness (QED) is 0.484. The minimum absolute atomic E-state index is 0.0965. The van der Waals surface area contributed by atoms with Crippen LogP contribution < -0.4 is 0 Å². The van der Waals surface area contributed by atoms with Crippen LogP contribution in [0.5, 0.6) is 0 Å². The minimum atomic E-state index is 0.0965. The van der Waals surface area contributed by atoms with Crippen LogP contribution in [0.1, 0.15) is 34.1 Å². The second kappa shape index (κ2) is 4.12. The fourth-order valence-electron chi connectivity index (χ4n) is 2.23. The van der Waals surface area contributed by atoms with E-state index in [0.717, 1.165) is 6.42 Å². The van der Waals surface area contributed by atoms with Gasteiger partial charge in [-0.05, 0) is 30.8 Å². The minimum Gasteiger partial charge on any atom is -0.294 e. The van der Waals surface area contributed by atoms with Gasteiger partial charge < -0.3 is 0 Å². The van der Waals surface area contributed by atoms with Crippen molar-refractivity contribution >= 4 is 5.78 Å². The fourth-order valence-corrected chi connectivity index (χ4v) is 2.23. The molecule has 1 nitrogen and oxygen atoms in total. The Labute approximate surface area is 86.9 Å². The molecular formula is C13H20O. The van der Waals surface area contributed by atoms with E-state index in [1.165, 1.54) is 0 Å². The van der Waals surface area contributed by atoms with E-state index in [1.807, 2.05) is 13.0 Å². The second-order valence-electron chi connectivity index (χ2n) is 4.96. The van der Waals surface area contributed by atoms with Gasteiger partial charge in [0, 0.05) is 5.92 Å². The van der Waals surface area contributed by atoms with Gasteiger partial charge in [0.15, 0.2) is 5.78 Å². The number of hydrogen-bond acceptors (Lipinski definition) is 1. The van der Waals surface area contributed by atoms with Crippen molar-refractivity contribution in [2.24, 2.45) is 17.3 Å². The molecule has 0 N–H and O–H groups in total. The number of ketones is 1. The van der Waals surface area contributed by atoms with Crippen molar-refractivity contribution in [2.45, 2.75) is 34.1 Å². The third-order valence-electron chi connectivity index (χ3n) is 2.88. The predicted octanol–water partition coefficient (Wildman–Crippen LogP) is 3.37. The van der Waals surface area contributed by atoms with Crippen molar-refractivity contribution in [1.29, 1.82) is 0 Å². The van der Waals surface area contributed by atoms with Crippen molar-refractivity contribution in [1.82, 2.24) is 0 Å². The van der Waals surface area contributed by atoms with Gasteiger partial charge in [-0.15, -0.1) is 0 Å². The van der Waals surface area contributed by atoms with Gasteiger partial charge in [-0.3, -0.25) is 4.79 Å². The molecule has 0 heterocycles. The highest BCUT2D eigenvalue weighted by molar-refractivity contribution is 5.93. The lowest BCUT2D eigenvalue weighted by Gasteiger charge is -2.32.